The van der Waals surface area contributed by atoms with E-state index in [1.807, 2.05) is 0 Å². The van der Waals surface area contributed by atoms with Crippen LogP contribution >= 0.6 is 15.9 Å². The fourth-order valence-corrected chi connectivity index (χ4v) is 4.11. The SMILES string of the molecule is COc1ccc(C(C)NS(=O)(=O)Cc2cccc(F)c2)cc1Br. The van der Waals surface area contributed by atoms with Gasteiger partial charge in [0, 0.05) is 6.04 Å². The highest BCUT2D eigenvalue weighted by Gasteiger charge is 2.17. The molecule has 0 aliphatic carbocycles. The van der Waals surface area contributed by atoms with Gasteiger partial charge in [-0.15, -0.1) is 0 Å². The summed E-state index contributed by atoms with van der Waals surface area (Å²) in [6.45, 7) is 1.75. The van der Waals surface area contributed by atoms with Crippen LogP contribution in [0.4, 0.5) is 4.39 Å². The Balaban J connectivity index is 2.12. The summed E-state index contributed by atoms with van der Waals surface area (Å²) in [5, 5.41) is 0. The highest BCUT2D eigenvalue weighted by atomic mass is 79.9. The lowest BCUT2D eigenvalue weighted by molar-refractivity contribution is 0.412. The number of rotatable bonds is 6. The smallest absolute Gasteiger partial charge is 0.216 e. The van der Waals surface area contributed by atoms with E-state index in [9.17, 15) is 12.8 Å². The normalized spacial score (nSPS) is 12.9. The maximum Gasteiger partial charge on any atom is 0.216 e. The summed E-state index contributed by atoms with van der Waals surface area (Å²) in [5.74, 6) is -0.0553. The molecule has 124 valence electrons. The summed E-state index contributed by atoms with van der Waals surface area (Å²) in [7, 11) is -2.03. The summed E-state index contributed by atoms with van der Waals surface area (Å²) in [6.07, 6.45) is 0. The maximum atomic E-state index is 13.2. The van der Waals surface area contributed by atoms with E-state index >= 15 is 0 Å². The van der Waals surface area contributed by atoms with Gasteiger partial charge in [-0.1, -0.05) is 18.2 Å². The lowest BCUT2D eigenvalue weighted by atomic mass is 10.1. The first-order valence-corrected chi connectivity index (χ1v) is 9.33. The molecule has 7 heteroatoms. The van der Waals surface area contributed by atoms with Crippen molar-refractivity contribution in [2.24, 2.45) is 0 Å². The molecular weight excluding hydrogens is 385 g/mol. The van der Waals surface area contributed by atoms with E-state index in [-0.39, 0.29) is 5.75 Å². The van der Waals surface area contributed by atoms with E-state index in [0.717, 1.165) is 10.0 Å². The van der Waals surface area contributed by atoms with Crippen LogP contribution in [0, 0.1) is 5.82 Å². The molecule has 0 bridgehead atoms. The molecule has 0 aliphatic heterocycles. The largest absolute Gasteiger partial charge is 0.496 e. The lowest BCUT2D eigenvalue weighted by Gasteiger charge is -2.16. The predicted octanol–water partition coefficient (Wildman–Crippen LogP) is 3.78. The van der Waals surface area contributed by atoms with Crippen molar-refractivity contribution in [3.8, 4) is 5.75 Å². The Bertz CT molecular complexity index is 796. The fraction of sp³-hybridized carbons (Fsp3) is 0.250. The third-order valence-electron chi connectivity index (χ3n) is 3.28. The van der Waals surface area contributed by atoms with Gasteiger partial charge in [0.05, 0.1) is 17.3 Å². The minimum absolute atomic E-state index is 0.271. The van der Waals surface area contributed by atoms with Crippen LogP contribution in [-0.2, 0) is 15.8 Å². The van der Waals surface area contributed by atoms with Gasteiger partial charge >= 0.3 is 0 Å². The monoisotopic (exact) mass is 401 g/mol. The molecule has 4 nitrogen and oxygen atoms in total. The van der Waals surface area contributed by atoms with Crippen molar-refractivity contribution in [3.63, 3.8) is 0 Å². The van der Waals surface area contributed by atoms with Crippen LogP contribution in [0.15, 0.2) is 46.9 Å². The lowest BCUT2D eigenvalue weighted by Crippen LogP contribution is -2.28. The molecule has 1 atom stereocenters. The first-order valence-electron chi connectivity index (χ1n) is 6.88. The first kappa shape index (κ1) is 17.9. The Labute approximate surface area is 143 Å². The number of hydrogen-bond donors (Lipinski definition) is 1. The fourth-order valence-electron chi connectivity index (χ4n) is 2.18. The van der Waals surface area contributed by atoms with Crippen molar-refractivity contribution < 1.29 is 17.5 Å². The molecule has 2 aromatic carbocycles. The average molecular weight is 402 g/mol. The van der Waals surface area contributed by atoms with Crippen LogP contribution in [0.2, 0.25) is 0 Å². The van der Waals surface area contributed by atoms with Crippen LogP contribution in [0.3, 0.4) is 0 Å². The molecular formula is C16H17BrFNO3S. The summed E-state index contributed by atoms with van der Waals surface area (Å²) < 4.78 is 46.1. The van der Waals surface area contributed by atoms with E-state index in [0.29, 0.717) is 11.3 Å². The minimum Gasteiger partial charge on any atom is -0.496 e. The van der Waals surface area contributed by atoms with E-state index in [1.165, 1.54) is 18.2 Å². The van der Waals surface area contributed by atoms with Crippen molar-refractivity contribution in [1.82, 2.24) is 4.72 Å². The Morgan fingerprint density at radius 2 is 2.00 bits per heavy atom. The van der Waals surface area contributed by atoms with Crippen LogP contribution in [0.25, 0.3) is 0 Å². The van der Waals surface area contributed by atoms with Gasteiger partial charge < -0.3 is 4.74 Å². The second kappa shape index (κ2) is 7.42. The molecule has 2 aromatic rings. The second-order valence-electron chi connectivity index (χ2n) is 5.12. The van der Waals surface area contributed by atoms with Crippen molar-refractivity contribution in [1.29, 1.82) is 0 Å². The predicted molar refractivity (Wildman–Crippen MR) is 91.3 cm³/mol. The molecule has 0 spiro atoms. The van der Waals surface area contributed by atoms with Gasteiger partial charge in [0.15, 0.2) is 0 Å². The molecule has 0 fully saturated rings. The van der Waals surface area contributed by atoms with Crippen LogP contribution < -0.4 is 9.46 Å². The topological polar surface area (TPSA) is 55.4 Å². The molecule has 0 saturated carbocycles. The summed E-state index contributed by atoms with van der Waals surface area (Å²) in [4.78, 5) is 0. The first-order chi connectivity index (χ1) is 10.8. The summed E-state index contributed by atoms with van der Waals surface area (Å²) in [6, 6.07) is 10.5. The zero-order valence-corrected chi connectivity index (χ0v) is 15.1. The highest BCUT2D eigenvalue weighted by Crippen LogP contribution is 2.28. The van der Waals surface area contributed by atoms with Gasteiger partial charge in [0.2, 0.25) is 10.0 Å². The number of halogens is 2. The number of nitrogens with one attached hydrogen (secondary N) is 1. The van der Waals surface area contributed by atoms with E-state index in [4.69, 9.17) is 4.74 Å². The number of benzene rings is 2. The zero-order valence-electron chi connectivity index (χ0n) is 12.7. The van der Waals surface area contributed by atoms with Gasteiger partial charge in [0.25, 0.3) is 0 Å². The van der Waals surface area contributed by atoms with Crippen LogP contribution in [0.5, 0.6) is 5.75 Å². The van der Waals surface area contributed by atoms with E-state index < -0.39 is 21.9 Å². The number of ether oxygens (including phenoxy) is 1. The standard InChI is InChI=1S/C16H17BrFNO3S/c1-11(13-6-7-16(22-2)15(17)9-13)19-23(20,21)10-12-4-3-5-14(18)8-12/h3-9,11,19H,10H2,1-2H3. The summed E-state index contributed by atoms with van der Waals surface area (Å²) in [5.41, 5.74) is 1.20. The van der Waals surface area contributed by atoms with Gasteiger partial charge in [-0.05, 0) is 58.2 Å². The van der Waals surface area contributed by atoms with Crippen molar-refractivity contribution in [2.45, 2.75) is 18.7 Å². The molecule has 23 heavy (non-hydrogen) atoms. The maximum absolute atomic E-state index is 13.2. The Morgan fingerprint density at radius 1 is 1.26 bits per heavy atom. The number of hydrogen-bond acceptors (Lipinski definition) is 3. The Morgan fingerprint density at radius 3 is 2.61 bits per heavy atom. The third kappa shape index (κ3) is 5.02. The zero-order chi connectivity index (χ0) is 17.0. The van der Waals surface area contributed by atoms with Crippen molar-refractivity contribution in [2.75, 3.05) is 7.11 Å². The average Bonchev–Trinajstić information content (AvgIpc) is 2.46. The van der Waals surface area contributed by atoms with Gasteiger partial charge in [-0.2, -0.15) is 0 Å². The summed E-state index contributed by atoms with van der Waals surface area (Å²) >= 11 is 3.37. The van der Waals surface area contributed by atoms with E-state index in [2.05, 4.69) is 20.7 Å². The van der Waals surface area contributed by atoms with Gasteiger partial charge in [0.1, 0.15) is 11.6 Å². The van der Waals surface area contributed by atoms with E-state index in [1.54, 1.807) is 38.3 Å². The molecule has 1 unspecified atom stereocenters. The third-order valence-corrected chi connectivity index (χ3v) is 5.32. The number of methoxy groups -OCH3 is 1. The van der Waals surface area contributed by atoms with Crippen LogP contribution in [-0.4, -0.2) is 15.5 Å². The minimum atomic E-state index is -3.59. The molecule has 1 N–H and O–H groups in total. The molecule has 0 amide bonds. The Hall–Kier alpha value is -1.44. The van der Waals surface area contributed by atoms with Crippen molar-refractivity contribution >= 4 is 26.0 Å². The van der Waals surface area contributed by atoms with Crippen LogP contribution in [0.1, 0.15) is 24.1 Å². The van der Waals surface area contributed by atoms with Gasteiger partial charge in [-0.25, -0.2) is 17.5 Å². The quantitative estimate of drug-likeness (QED) is 0.800. The highest BCUT2D eigenvalue weighted by molar-refractivity contribution is 9.10. The Kier molecular flexibility index (Phi) is 5.78. The molecule has 0 aromatic heterocycles. The molecule has 0 radical (unpaired) electrons. The molecule has 0 heterocycles. The molecule has 2 rings (SSSR count). The van der Waals surface area contributed by atoms with Gasteiger partial charge in [-0.3, -0.25) is 0 Å². The number of sulfonamides is 1. The molecule has 0 aliphatic rings. The second-order valence-corrected chi connectivity index (χ2v) is 7.73. The molecule has 0 saturated heterocycles. The van der Waals surface area contributed by atoms with Crippen molar-refractivity contribution in [3.05, 3.63) is 63.9 Å².